The predicted molar refractivity (Wildman–Crippen MR) is 78.8 cm³/mol. The second kappa shape index (κ2) is 5.67. The number of nitrogens with one attached hydrogen (secondary N) is 1. The van der Waals surface area contributed by atoms with E-state index in [9.17, 15) is 0 Å². The van der Waals surface area contributed by atoms with E-state index >= 15 is 0 Å². The Morgan fingerprint density at radius 1 is 1.28 bits per heavy atom. The van der Waals surface area contributed by atoms with Gasteiger partial charge in [0.2, 0.25) is 0 Å². The third-order valence-corrected chi connectivity index (χ3v) is 4.88. The molecule has 0 aliphatic carbocycles. The molecule has 0 amide bonds. The van der Waals surface area contributed by atoms with Gasteiger partial charge in [-0.25, -0.2) is 9.97 Å². The Morgan fingerprint density at radius 2 is 2.11 bits per heavy atom. The lowest BCUT2D eigenvalue weighted by Gasteiger charge is -2.31. The first-order valence-corrected chi connectivity index (χ1v) is 8.73. The van der Waals surface area contributed by atoms with Crippen molar-refractivity contribution in [2.24, 2.45) is 0 Å². The number of hydrogen-bond acceptors (Lipinski definition) is 6. The molecule has 3 rings (SSSR count). The number of rotatable bonds is 2. The lowest BCUT2D eigenvalue weighted by atomic mass is 10.1. The van der Waals surface area contributed by atoms with Crippen molar-refractivity contribution < 1.29 is 0 Å². The summed E-state index contributed by atoms with van der Waals surface area (Å²) in [5.41, 5.74) is 2.58. The normalized spacial score (nSPS) is 19.7. The fourth-order valence-corrected chi connectivity index (χ4v) is 3.73. The van der Waals surface area contributed by atoms with Crippen LogP contribution in [0.5, 0.6) is 0 Å². The van der Waals surface area contributed by atoms with Gasteiger partial charge in [0.25, 0.3) is 0 Å². The van der Waals surface area contributed by atoms with Crippen molar-refractivity contribution in [3.05, 3.63) is 11.3 Å². The molecule has 0 atom stereocenters. The molecule has 1 fully saturated rings. The van der Waals surface area contributed by atoms with Gasteiger partial charge in [0.05, 0.1) is 5.69 Å². The van der Waals surface area contributed by atoms with E-state index in [-0.39, 0.29) is 0 Å². The summed E-state index contributed by atoms with van der Waals surface area (Å²) in [6, 6.07) is 0. The fourth-order valence-electron chi connectivity index (χ4n) is 2.45. The number of fused-ring (bicyclic) bond motifs is 1. The molecule has 1 N–H and O–H groups in total. The highest BCUT2D eigenvalue weighted by atomic mass is 32.2. The Bertz CT molecular complexity index is 432. The molecule has 0 radical (unpaired) electrons. The summed E-state index contributed by atoms with van der Waals surface area (Å²) in [6.07, 6.45) is 3.11. The first-order chi connectivity index (χ1) is 8.88. The Labute approximate surface area is 116 Å². The average Bonchev–Trinajstić information content (AvgIpc) is 2.47. The lowest BCUT2D eigenvalue weighted by molar-refractivity contribution is 0.608. The largest absolute Gasteiger partial charge is 0.355 e. The summed E-state index contributed by atoms with van der Waals surface area (Å²) in [7, 11) is 0. The van der Waals surface area contributed by atoms with Crippen LogP contribution in [0.4, 0.5) is 5.82 Å². The molecule has 0 bridgehead atoms. The number of anilines is 1. The highest BCUT2D eigenvalue weighted by Gasteiger charge is 2.22. The standard InChI is InChI=1S/C12H18N4S2/c1-17-12-14-10-8-13-3-2-9(10)11(15-12)16-4-6-18-7-5-16/h13H,2-8H2,1H3. The van der Waals surface area contributed by atoms with Crippen molar-refractivity contribution >= 4 is 29.3 Å². The first kappa shape index (κ1) is 12.6. The first-order valence-electron chi connectivity index (χ1n) is 6.35. The highest BCUT2D eigenvalue weighted by molar-refractivity contribution is 7.99. The van der Waals surface area contributed by atoms with Crippen molar-refractivity contribution in [3.63, 3.8) is 0 Å². The minimum atomic E-state index is 0.890. The summed E-state index contributed by atoms with van der Waals surface area (Å²) in [5, 5.41) is 4.31. The van der Waals surface area contributed by atoms with Crippen LogP contribution in [0.15, 0.2) is 5.16 Å². The Kier molecular flexibility index (Phi) is 3.96. The minimum absolute atomic E-state index is 0.890. The topological polar surface area (TPSA) is 41.1 Å². The molecule has 0 unspecified atom stereocenters. The maximum Gasteiger partial charge on any atom is 0.189 e. The van der Waals surface area contributed by atoms with E-state index in [1.165, 1.54) is 28.6 Å². The molecule has 18 heavy (non-hydrogen) atoms. The molecule has 0 aromatic carbocycles. The van der Waals surface area contributed by atoms with Crippen molar-refractivity contribution in [2.75, 3.05) is 42.3 Å². The van der Waals surface area contributed by atoms with E-state index in [0.717, 1.165) is 37.8 Å². The number of hydrogen-bond donors (Lipinski definition) is 1. The van der Waals surface area contributed by atoms with Gasteiger partial charge in [-0.3, -0.25) is 0 Å². The third-order valence-electron chi connectivity index (χ3n) is 3.39. The van der Waals surface area contributed by atoms with Crippen molar-refractivity contribution in [3.8, 4) is 0 Å². The zero-order valence-corrected chi connectivity index (χ0v) is 12.2. The van der Waals surface area contributed by atoms with Crippen LogP contribution in [0.25, 0.3) is 0 Å². The second-order valence-corrected chi connectivity index (χ2v) is 6.48. The molecule has 1 aromatic rings. The molecule has 4 nitrogen and oxygen atoms in total. The SMILES string of the molecule is CSc1nc2c(c(N3CCSCC3)n1)CCNC2. The lowest BCUT2D eigenvalue weighted by Crippen LogP contribution is -2.36. The van der Waals surface area contributed by atoms with Gasteiger partial charge in [0, 0.05) is 36.7 Å². The third kappa shape index (κ3) is 2.46. The molecule has 1 aromatic heterocycles. The van der Waals surface area contributed by atoms with E-state index in [0.29, 0.717) is 0 Å². The van der Waals surface area contributed by atoms with Crippen LogP contribution in [-0.2, 0) is 13.0 Å². The van der Waals surface area contributed by atoms with Gasteiger partial charge in [0.1, 0.15) is 5.82 Å². The molecule has 0 spiro atoms. The molecular weight excluding hydrogens is 264 g/mol. The van der Waals surface area contributed by atoms with Crippen LogP contribution < -0.4 is 10.2 Å². The van der Waals surface area contributed by atoms with E-state index in [1.807, 2.05) is 18.0 Å². The molecule has 3 heterocycles. The van der Waals surface area contributed by atoms with E-state index in [1.54, 1.807) is 11.8 Å². The van der Waals surface area contributed by atoms with Crippen molar-refractivity contribution in [1.29, 1.82) is 0 Å². The van der Waals surface area contributed by atoms with Crippen LogP contribution in [0.3, 0.4) is 0 Å². The highest BCUT2D eigenvalue weighted by Crippen LogP contribution is 2.28. The van der Waals surface area contributed by atoms with E-state index in [2.05, 4.69) is 15.2 Å². The molecular formula is C12H18N4S2. The second-order valence-electron chi connectivity index (χ2n) is 4.49. The molecule has 2 aliphatic heterocycles. The van der Waals surface area contributed by atoms with Gasteiger partial charge < -0.3 is 10.2 Å². The van der Waals surface area contributed by atoms with Gasteiger partial charge in [-0.15, -0.1) is 0 Å². The van der Waals surface area contributed by atoms with Crippen LogP contribution in [0.2, 0.25) is 0 Å². The molecule has 98 valence electrons. The summed E-state index contributed by atoms with van der Waals surface area (Å²) in [4.78, 5) is 11.9. The van der Waals surface area contributed by atoms with Gasteiger partial charge in [-0.2, -0.15) is 11.8 Å². The molecule has 0 saturated carbocycles. The van der Waals surface area contributed by atoms with E-state index in [4.69, 9.17) is 4.98 Å². The average molecular weight is 282 g/mol. The quantitative estimate of drug-likeness (QED) is 0.653. The number of aromatic nitrogens is 2. The van der Waals surface area contributed by atoms with Gasteiger partial charge in [0.15, 0.2) is 5.16 Å². The number of thioether (sulfide) groups is 2. The van der Waals surface area contributed by atoms with Crippen molar-refractivity contribution in [1.82, 2.24) is 15.3 Å². The molecule has 6 heteroatoms. The molecule has 2 aliphatic rings. The zero-order chi connectivity index (χ0) is 12.4. The van der Waals surface area contributed by atoms with Crippen LogP contribution in [0.1, 0.15) is 11.3 Å². The van der Waals surface area contributed by atoms with Crippen LogP contribution in [-0.4, -0.2) is 47.4 Å². The Morgan fingerprint density at radius 3 is 2.89 bits per heavy atom. The van der Waals surface area contributed by atoms with Crippen LogP contribution in [0, 0.1) is 0 Å². The summed E-state index contributed by atoms with van der Waals surface area (Å²) >= 11 is 3.68. The maximum absolute atomic E-state index is 4.77. The summed E-state index contributed by atoms with van der Waals surface area (Å²) in [6.45, 7) is 4.18. The summed E-state index contributed by atoms with van der Waals surface area (Å²) < 4.78 is 0. The Balaban J connectivity index is 1.99. The van der Waals surface area contributed by atoms with E-state index < -0.39 is 0 Å². The minimum Gasteiger partial charge on any atom is -0.355 e. The smallest absolute Gasteiger partial charge is 0.189 e. The van der Waals surface area contributed by atoms with Gasteiger partial charge in [-0.1, -0.05) is 11.8 Å². The van der Waals surface area contributed by atoms with Crippen molar-refractivity contribution in [2.45, 2.75) is 18.1 Å². The number of nitrogens with zero attached hydrogens (tertiary/aromatic N) is 3. The van der Waals surface area contributed by atoms with Gasteiger partial charge in [-0.05, 0) is 19.2 Å². The summed E-state index contributed by atoms with van der Waals surface area (Å²) in [5.74, 6) is 3.63. The fraction of sp³-hybridized carbons (Fsp3) is 0.667. The molecule has 1 saturated heterocycles. The maximum atomic E-state index is 4.77. The predicted octanol–water partition coefficient (Wildman–Crippen LogP) is 1.40. The monoisotopic (exact) mass is 282 g/mol. The van der Waals surface area contributed by atoms with Crippen LogP contribution >= 0.6 is 23.5 Å². The van der Waals surface area contributed by atoms with Gasteiger partial charge >= 0.3 is 0 Å². The zero-order valence-electron chi connectivity index (χ0n) is 10.6. The Hall–Kier alpha value is -0.460.